The van der Waals surface area contributed by atoms with Crippen molar-refractivity contribution in [2.24, 2.45) is 0 Å². The molecule has 0 unspecified atom stereocenters. The zero-order chi connectivity index (χ0) is 56.1. The van der Waals surface area contributed by atoms with Gasteiger partial charge in [-0.15, -0.1) is 21.9 Å². The van der Waals surface area contributed by atoms with Crippen molar-refractivity contribution in [3.63, 3.8) is 0 Å². The standard InChI is InChI=1S/C26H31NO3P.C24BF20/c28-27(29)22-14-3-1-2-4-15-23-30-31(24-16-8-5-9-17-24,25-18-10-6-11-19-25)26-20-12-7-13-21-26;26-5-1(6(27)14(35)21(42)13(5)34)25(2-7(28)15(36)22(43)16(37)8(2)29,3-9(30)17(38)23(44)18(39)10(3)31)4-11(32)19(40)24(45)20(41)12(4)33/h5-13,16-21H,1-4,14-15,22-23H2;/q+1;-1. The van der Waals surface area contributed by atoms with E-state index in [-0.39, 0.29) is 11.5 Å². The Morgan fingerprint density at radius 2 is 0.539 bits per heavy atom. The second-order valence-electron chi connectivity index (χ2n) is 16.4. The van der Waals surface area contributed by atoms with Crippen LogP contribution in [0.15, 0.2) is 91.0 Å². The van der Waals surface area contributed by atoms with Crippen molar-refractivity contribution in [1.82, 2.24) is 0 Å². The molecule has 4 nitrogen and oxygen atoms in total. The minimum atomic E-state index is -7.22. The van der Waals surface area contributed by atoms with Crippen molar-refractivity contribution in [2.45, 2.75) is 38.5 Å². The molecule has 26 heteroatoms. The molecule has 0 atom stereocenters. The average Bonchev–Trinajstić information content (AvgIpc) is 3.43. The van der Waals surface area contributed by atoms with E-state index >= 15 is 35.1 Å². The Labute approximate surface area is 417 Å². The fourth-order valence-corrected chi connectivity index (χ4v) is 12.2. The molecule has 402 valence electrons. The first kappa shape index (κ1) is 58.3. The molecule has 0 bridgehead atoms. The molecule has 0 heterocycles. The molecule has 0 fully saturated rings. The molecule has 0 radical (unpaired) electrons. The number of halogens is 20. The van der Waals surface area contributed by atoms with Gasteiger partial charge in [0.1, 0.15) is 68.6 Å². The van der Waals surface area contributed by atoms with Gasteiger partial charge in [0.05, 0.1) is 6.61 Å². The summed E-state index contributed by atoms with van der Waals surface area (Å²) in [6.45, 7) is 0.780. The lowest BCUT2D eigenvalue weighted by molar-refractivity contribution is -0.480. The molecule has 0 spiro atoms. The number of nitrogens with zero attached hydrogens (tertiary/aromatic N) is 1. The molecular formula is C50H31BF20NO3P. The minimum Gasteiger partial charge on any atom is -0.265 e. The summed E-state index contributed by atoms with van der Waals surface area (Å²) in [6.07, 6.45) is -1.41. The van der Waals surface area contributed by atoms with Gasteiger partial charge in [0.25, 0.3) is 0 Å². The number of benzene rings is 7. The lowest BCUT2D eigenvalue weighted by Gasteiger charge is -2.44. The number of hydrogen-bond donors (Lipinski definition) is 0. The summed E-state index contributed by atoms with van der Waals surface area (Å²) in [5.41, 5.74) is -14.3. The van der Waals surface area contributed by atoms with Gasteiger partial charge in [-0.25, -0.2) is 92.3 Å². The summed E-state index contributed by atoms with van der Waals surface area (Å²) in [4.78, 5) is 10.2. The summed E-state index contributed by atoms with van der Waals surface area (Å²) in [5, 5.41) is 14.1. The number of hydrogen-bond acceptors (Lipinski definition) is 3. The summed E-state index contributed by atoms with van der Waals surface area (Å²) < 4.78 is 301. The lowest BCUT2D eigenvalue weighted by Crippen LogP contribution is -2.81. The van der Waals surface area contributed by atoms with Gasteiger partial charge in [-0.05, 0) is 49.2 Å². The van der Waals surface area contributed by atoms with E-state index in [0.29, 0.717) is 13.0 Å². The van der Waals surface area contributed by atoms with Gasteiger partial charge in [-0.1, -0.05) is 73.9 Å². The Bertz CT molecular complexity index is 2810. The van der Waals surface area contributed by atoms with Crippen LogP contribution in [0.1, 0.15) is 38.5 Å². The van der Waals surface area contributed by atoms with Crippen molar-refractivity contribution in [3.05, 3.63) is 217 Å². The maximum atomic E-state index is 15.4. The number of unbranched alkanes of at least 4 members (excludes halogenated alkanes) is 5. The second kappa shape index (κ2) is 23.9. The summed E-state index contributed by atoms with van der Waals surface area (Å²) in [7, 11) is -2.21. The van der Waals surface area contributed by atoms with Crippen LogP contribution in [0.3, 0.4) is 0 Å². The lowest BCUT2D eigenvalue weighted by atomic mass is 9.12. The third-order valence-electron chi connectivity index (χ3n) is 12.1. The zero-order valence-corrected chi connectivity index (χ0v) is 39.0. The van der Waals surface area contributed by atoms with Crippen LogP contribution >= 0.6 is 7.49 Å². The molecule has 0 saturated carbocycles. The molecule has 0 aliphatic heterocycles. The highest BCUT2D eigenvalue weighted by Crippen LogP contribution is 2.56. The van der Waals surface area contributed by atoms with Gasteiger partial charge in [-0.2, -0.15) is 0 Å². The van der Waals surface area contributed by atoms with Crippen molar-refractivity contribution >= 4 is 51.4 Å². The average molecular weight is 1120 g/mol. The predicted molar refractivity (Wildman–Crippen MR) is 240 cm³/mol. The molecule has 0 aliphatic carbocycles. The van der Waals surface area contributed by atoms with E-state index in [1.165, 1.54) is 15.9 Å². The SMILES string of the molecule is Fc1c(F)c(F)c([B-](c2c(F)c(F)c(F)c(F)c2F)(c2c(F)c(F)c(F)c(F)c2F)c2c(F)c(F)c(F)c(F)c2F)c(F)c1F.O=[N+]([O-])CCCCCCCCO[P+](c1ccccc1)(c1ccccc1)c1ccccc1. The summed E-state index contributed by atoms with van der Waals surface area (Å²) in [5.74, 6) is -71.4. The molecule has 7 aromatic rings. The molecule has 7 rings (SSSR count). The fraction of sp³-hybridized carbons (Fsp3) is 0.160. The van der Waals surface area contributed by atoms with Crippen molar-refractivity contribution in [3.8, 4) is 0 Å². The van der Waals surface area contributed by atoms with Crippen LogP contribution in [0.2, 0.25) is 0 Å². The first-order chi connectivity index (χ1) is 35.9. The Morgan fingerprint density at radius 3 is 0.776 bits per heavy atom. The van der Waals surface area contributed by atoms with Gasteiger partial charge in [0.15, 0.2) is 69.8 Å². The van der Waals surface area contributed by atoms with Crippen molar-refractivity contribution in [1.29, 1.82) is 0 Å². The second-order valence-corrected chi connectivity index (χ2v) is 19.5. The molecule has 76 heavy (non-hydrogen) atoms. The molecule has 7 aromatic carbocycles. The highest BCUT2D eigenvalue weighted by atomic mass is 31.2. The number of nitro groups is 1. The predicted octanol–water partition coefficient (Wildman–Crippen LogP) is 11.4. The number of rotatable bonds is 17. The quantitative estimate of drug-likeness (QED) is 0.0133. The summed E-state index contributed by atoms with van der Waals surface area (Å²) >= 11 is 0. The molecule has 0 aromatic heterocycles. The Balaban J connectivity index is 0.000000264. The first-order valence-electron chi connectivity index (χ1n) is 22.0. The zero-order valence-electron chi connectivity index (χ0n) is 38.1. The molecule has 0 saturated heterocycles. The highest BCUT2D eigenvalue weighted by molar-refractivity contribution is 7.91. The van der Waals surface area contributed by atoms with E-state index in [4.69, 9.17) is 4.52 Å². The van der Waals surface area contributed by atoms with Crippen LogP contribution in [0, 0.1) is 126 Å². The largest absolute Gasteiger partial charge is 0.265 e. The Hall–Kier alpha value is -7.01. The van der Waals surface area contributed by atoms with Gasteiger partial charge < -0.3 is 0 Å². The summed E-state index contributed by atoms with van der Waals surface area (Å²) in [6, 6.07) is 31.8. The van der Waals surface area contributed by atoms with E-state index < -0.39 is 152 Å². The third-order valence-corrected chi connectivity index (χ3v) is 15.7. The van der Waals surface area contributed by atoms with Crippen LogP contribution in [0.4, 0.5) is 87.8 Å². The molecule has 0 aliphatic rings. The fourth-order valence-electron chi connectivity index (χ4n) is 8.71. The van der Waals surface area contributed by atoms with E-state index in [1.807, 2.05) is 18.2 Å². The minimum absolute atomic E-state index is 0.0847. The van der Waals surface area contributed by atoms with Gasteiger partial charge in [-0.3, -0.25) is 10.1 Å². The van der Waals surface area contributed by atoms with Crippen LogP contribution in [-0.4, -0.2) is 24.2 Å². The monoisotopic (exact) mass is 1120 g/mol. The van der Waals surface area contributed by atoms with Crippen molar-refractivity contribution < 1.29 is 97.3 Å². The van der Waals surface area contributed by atoms with E-state index in [1.54, 1.807) is 0 Å². The van der Waals surface area contributed by atoms with Crippen LogP contribution in [0.25, 0.3) is 0 Å². The van der Waals surface area contributed by atoms with E-state index in [0.717, 1.165) is 32.1 Å². The third kappa shape index (κ3) is 10.3. The van der Waals surface area contributed by atoms with Crippen molar-refractivity contribution in [2.75, 3.05) is 13.2 Å². The maximum absolute atomic E-state index is 15.4. The van der Waals surface area contributed by atoms with Crippen LogP contribution in [-0.2, 0) is 4.52 Å². The molecule has 0 N–H and O–H groups in total. The Morgan fingerprint density at radius 1 is 0.329 bits per heavy atom. The normalized spacial score (nSPS) is 11.7. The van der Waals surface area contributed by atoms with Gasteiger partial charge >= 0.3 is 0 Å². The van der Waals surface area contributed by atoms with E-state index in [9.17, 15) is 62.8 Å². The van der Waals surface area contributed by atoms with E-state index in [2.05, 4.69) is 72.8 Å². The van der Waals surface area contributed by atoms with Gasteiger partial charge in [0, 0.05) is 11.3 Å². The highest BCUT2D eigenvalue weighted by Gasteiger charge is 2.53. The smallest absolute Gasteiger partial charge is 0.242 e. The topological polar surface area (TPSA) is 52.4 Å². The Kier molecular flexibility index (Phi) is 18.3. The molecular weight excluding hydrogens is 1080 g/mol. The maximum Gasteiger partial charge on any atom is 0.242 e. The van der Waals surface area contributed by atoms with Crippen LogP contribution in [0.5, 0.6) is 0 Å². The molecule has 0 amide bonds. The van der Waals surface area contributed by atoms with Crippen LogP contribution < -0.4 is 37.8 Å². The van der Waals surface area contributed by atoms with Gasteiger partial charge in [0.2, 0.25) is 14.0 Å². The first-order valence-corrected chi connectivity index (χ1v) is 23.7.